The standard InChI is InChI=1S/C18H22N4O3S/c1-12-4-3-5-14(10-12)11-15(23)20-21-17(24)16-13(2)19-18(26-16)22-6-8-25-9-7-22/h3-5,10H,6-9,11H2,1-2H3,(H,20,23)(H,21,24). The van der Waals surface area contributed by atoms with E-state index >= 15 is 0 Å². The van der Waals surface area contributed by atoms with Gasteiger partial charge in [0.1, 0.15) is 4.88 Å². The van der Waals surface area contributed by atoms with Crippen LogP contribution in [-0.4, -0.2) is 43.1 Å². The summed E-state index contributed by atoms with van der Waals surface area (Å²) in [6.45, 7) is 6.62. The number of aromatic nitrogens is 1. The third-order valence-electron chi connectivity index (χ3n) is 4.04. The molecule has 2 aromatic rings. The van der Waals surface area contributed by atoms with E-state index in [1.807, 2.05) is 31.2 Å². The van der Waals surface area contributed by atoms with E-state index in [9.17, 15) is 9.59 Å². The fourth-order valence-electron chi connectivity index (χ4n) is 2.72. The van der Waals surface area contributed by atoms with Gasteiger partial charge in [0.25, 0.3) is 5.91 Å². The third-order valence-corrected chi connectivity index (χ3v) is 5.25. The lowest BCUT2D eigenvalue weighted by Gasteiger charge is -2.25. The van der Waals surface area contributed by atoms with Crippen LogP contribution in [0.4, 0.5) is 5.13 Å². The summed E-state index contributed by atoms with van der Waals surface area (Å²) in [6.07, 6.45) is 0.211. The smallest absolute Gasteiger partial charge is 0.281 e. The van der Waals surface area contributed by atoms with Gasteiger partial charge in [0, 0.05) is 13.1 Å². The summed E-state index contributed by atoms with van der Waals surface area (Å²) >= 11 is 1.33. The van der Waals surface area contributed by atoms with Crippen molar-refractivity contribution in [3.63, 3.8) is 0 Å². The van der Waals surface area contributed by atoms with Crippen LogP contribution in [0.5, 0.6) is 0 Å². The van der Waals surface area contributed by atoms with Crippen molar-refractivity contribution in [1.82, 2.24) is 15.8 Å². The van der Waals surface area contributed by atoms with Crippen molar-refractivity contribution in [3.8, 4) is 0 Å². The van der Waals surface area contributed by atoms with Crippen LogP contribution in [0.1, 0.15) is 26.5 Å². The number of carbonyl (C=O) groups is 2. The zero-order valence-electron chi connectivity index (χ0n) is 14.9. The van der Waals surface area contributed by atoms with Crippen molar-refractivity contribution >= 4 is 28.3 Å². The fourth-order valence-corrected chi connectivity index (χ4v) is 3.73. The summed E-state index contributed by atoms with van der Waals surface area (Å²) in [5.74, 6) is -0.614. The Morgan fingerprint density at radius 3 is 2.73 bits per heavy atom. The van der Waals surface area contributed by atoms with Gasteiger partial charge in [-0.15, -0.1) is 0 Å². The molecule has 1 aliphatic heterocycles. The number of ether oxygens (including phenoxy) is 1. The van der Waals surface area contributed by atoms with Crippen molar-refractivity contribution in [1.29, 1.82) is 0 Å². The second kappa shape index (κ2) is 8.29. The lowest BCUT2D eigenvalue weighted by atomic mass is 10.1. The van der Waals surface area contributed by atoms with Crippen LogP contribution in [0.25, 0.3) is 0 Å². The number of hydrazine groups is 1. The van der Waals surface area contributed by atoms with Crippen molar-refractivity contribution in [2.45, 2.75) is 20.3 Å². The van der Waals surface area contributed by atoms with Crippen LogP contribution in [0.3, 0.4) is 0 Å². The Hall–Kier alpha value is -2.45. The molecule has 0 atom stereocenters. The molecule has 7 nitrogen and oxygen atoms in total. The van der Waals surface area contributed by atoms with E-state index in [-0.39, 0.29) is 18.2 Å². The minimum atomic E-state index is -0.350. The summed E-state index contributed by atoms with van der Waals surface area (Å²) in [4.78, 5) is 31.5. The molecule has 1 fully saturated rings. The van der Waals surface area contributed by atoms with E-state index in [0.29, 0.717) is 23.8 Å². The highest BCUT2D eigenvalue weighted by Gasteiger charge is 2.20. The van der Waals surface area contributed by atoms with Crippen LogP contribution < -0.4 is 15.8 Å². The molecule has 0 saturated carbocycles. The lowest BCUT2D eigenvalue weighted by Crippen LogP contribution is -2.42. The summed E-state index contributed by atoms with van der Waals surface area (Å²) in [7, 11) is 0. The van der Waals surface area contributed by atoms with Gasteiger partial charge in [-0.05, 0) is 19.4 Å². The van der Waals surface area contributed by atoms with Gasteiger partial charge in [0.2, 0.25) is 5.91 Å². The molecule has 1 aromatic heterocycles. The number of aryl methyl sites for hydroxylation is 2. The molecule has 26 heavy (non-hydrogen) atoms. The molecule has 0 spiro atoms. The summed E-state index contributed by atoms with van der Waals surface area (Å²) in [5.41, 5.74) is 7.60. The predicted molar refractivity (Wildman–Crippen MR) is 100 cm³/mol. The quantitative estimate of drug-likeness (QED) is 0.795. The Labute approximate surface area is 156 Å². The number of benzene rings is 1. The van der Waals surface area contributed by atoms with E-state index < -0.39 is 0 Å². The van der Waals surface area contributed by atoms with Crippen LogP contribution in [0.2, 0.25) is 0 Å². The zero-order valence-corrected chi connectivity index (χ0v) is 15.7. The number of thiazole rings is 1. The second-order valence-electron chi connectivity index (χ2n) is 6.18. The number of carbonyl (C=O) groups excluding carboxylic acids is 2. The monoisotopic (exact) mass is 374 g/mol. The van der Waals surface area contributed by atoms with E-state index in [1.54, 1.807) is 6.92 Å². The molecule has 138 valence electrons. The number of nitrogens with one attached hydrogen (secondary N) is 2. The molecule has 1 saturated heterocycles. The van der Waals surface area contributed by atoms with Crippen molar-refractivity contribution in [2.24, 2.45) is 0 Å². The van der Waals surface area contributed by atoms with Gasteiger partial charge in [-0.1, -0.05) is 41.2 Å². The molecular weight excluding hydrogens is 352 g/mol. The van der Waals surface area contributed by atoms with Gasteiger partial charge in [0.15, 0.2) is 5.13 Å². The summed E-state index contributed by atoms with van der Waals surface area (Å²) in [6, 6.07) is 7.71. The average Bonchev–Trinajstić information content (AvgIpc) is 3.02. The molecule has 1 aliphatic rings. The molecule has 2 N–H and O–H groups in total. The van der Waals surface area contributed by atoms with E-state index in [2.05, 4.69) is 20.7 Å². The Morgan fingerprint density at radius 1 is 1.23 bits per heavy atom. The zero-order chi connectivity index (χ0) is 18.5. The van der Waals surface area contributed by atoms with Gasteiger partial charge in [0.05, 0.1) is 25.3 Å². The van der Waals surface area contributed by atoms with Crippen LogP contribution in [0.15, 0.2) is 24.3 Å². The van der Waals surface area contributed by atoms with Gasteiger partial charge < -0.3 is 9.64 Å². The van der Waals surface area contributed by atoms with Crippen molar-refractivity contribution in [2.75, 3.05) is 31.2 Å². The molecular formula is C18H22N4O3S. The second-order valence-corrected chi connectivity index (χ2v) is 7.16. The first-order valence-electron chi connectivity index (χ1n) is 8.48. The molecule has 3 rings (SSSR count). The Bertz CT molecular complexity index is 799. The SMILES string of the molecule is Cc1cccc(CC(=O)NNC(=O)c2sc(N3CCOCC3)nc2C)c1. The molecule has 2 heterocycles. The highest BCUT2D eigenvalue weighted by Crippen LogP contribution is 2.26. The van der Waals surface area contributed by atoms with Crippen LogP contribution in [-0.2, 0) is 16.0 Å². The molecule has 0 unspecified atom stereocenters. The maximum Gasteiger partial charge on any atom is 0.281 e. The molecule has 2 amide bonds. The van der Waals surface area contributed by atoms with E-state index in [0.717, 1.165) is 29.3 Å². The minimum absolute atomic E-state index is 0.211. The Morgan fingerprint density at radius 2 is 2.00 bits per heavy atom. The normalized spacial score (nSPS) is 14.2. The van der Waals surface area contributed by atoms with Gasteiger partial charge >= 0.3 is 0 Å². The van der Waals surface area contributed by atoms with Crippen molar-refractivity contribution < 1.29 is 14.3 Å². The molecule has 8 heteroatoms. The summed E-state index contributed by atoms with van der Waals surface area (Å²) < 4.78 is 5.34. The maximum atomic E-state index is 12.4. The van der Waals surface area contributed by atoms with Crippen LogP contribution in [0, 0.1) is 13.8 Å². The first kappa shape index (κ1) is 18.3. The van der Waals surface area contributed by atoms with Gasteiger partial charge in [-0.25, -0.2) is 4.98 Å². The molecule has 0 aliphatic carbocycles. The Balaban J connectivity index is 1.56. The van der Waals surface area contributed by atoms with Gasteiger partial charge in [-0.2, -0.15) is 0 Å². The number of morpholine rings is 1. The minimum Gasteiger partial charge on any atom is -0.378 e. The largest absolute Gasteiger partial charge is 0.378 e. The number of hydrogen-bond donors (Lipinski definition) is 2. The number of hydrogen-bond acceptors (Lipinski definition) is 6. The first-order chi connectivity index (χ1) is 12.5. The lowest BCUT2D eigenvalue weighted by molar-refractivity contribution is -0.121. The highest BCUT2D eigenvalue weighted by molar-refractivity contribution is 7.17. The molecule has 0 radical (unpaired) electrons. The topological polar surface area (TPSA) is 83.6 Å². The third kappa shape index (κ3) is 4.59. The molecule has 1 aromatic carbocycles. The summed E-state index contributed by atoms with van der Waals surface area (Å²) in [5, 5.41) is 0.807. The van der Waals surface area contributed by atoms with Crippen molar-refractivity contribution in [3.05, 3.63) is 46.0 Å². The fraction of sp³-hybridized carbons (Fsp3) is 0.389. The average molecular weight is 374 g/mol. The van der Waals surface area contributed by atoms with E-state index in [4.69, 9.17) is 4.74 Å². The number of rotatable bonds is 4. The van der Waals surface area contributed by atoms with E-state index in [1.165, 1.54) is 11.3 Å². The molecule has 0 bridgehead atoms. The predicted octanol–water partition coefficient (Wildman–Crippen LogP) is 1.60. The maximum absolute atomic E-state index is 12.4. The van der Waals surface area contributed by atoms with Gasteiger partial charge in [-0.3, -0.25) is 20.4 Å². The first-order valence-corrected chi connectivity index (χ1v) is 9.29. The van der Waals surface area contributed by atoms with Crippen LogP contribution >= 0.6 is 11.3 Å². The number of anilines is 1. The number of amides is 2. The number of nitrogens with zero attached hydrogens (tertiary/aromatic N) is 2. The highest BCUT2D eigenvalue weighted by atomic mass is 32.1. The Kier molecular flexibility index (Phi) is 5.85.